The van der Waals surface area contributed by atoms with Gasteiger partial charge in [0, 0.05) is 5.58 Å². The van der Waals surface area contributed by atoms with Crippen LogP contribution < -0.4 is 5.63 Å². The minimum Gasteiger partial charge on any atom is -0.508 e. The monoisotopic (exact) mass is 580 g/mol. The predicted octanol–water partition coefficient (Wildman–Crippen LogP) is 5.01. The van der Waals surface area contributed by atoms with Gasteiger partial charge < -0.3 is 17.0 Å². The van der Waals surface area contributed by atoms with Crippen molar-refractivity contribution in [3.63, 3.8) is 0 Å². The van der Waals surface area contributed by atoms with E-state index in [2.05, 4.69) is 6.07 Å². The van der Waals surface area contributed by atoms with Crippen LogP contribution in [0.4, 0.5) is 0 Å². The molecule has 132 valence electrons. The molecule has 4 aromatic rings. The molecule has 4 heteroatoms. The molecular weight excluding hydrogens is 562 g/mol. The van der Waals surface area contributed by atoms with Crippen LogP contribution in [0.5, 0.6) is 5.75 Å². The molecule has 0 fully saturated rings. The molecule has 0 amide bonds. The van der Waals surface area contributed by atoms with Crippen molar-refractivity contribution in [2.24, 2.45) is 0 Å². The van der Waals surface area contributed by atoms with E-state index in [0.717, 1.165) is 22.1 Å². The molecule has 0 aliphatic heterocycles. The van der Waals surface area contributed by atoms with Crippen LogP contribution in [0.1, 0.15) is 11.1 Å². The van der Waals surface area contributed by atoms with Crippen molar-refractivity contribution in [1.82, 2.24) is 0 Å². The molecule has 0 atom stereocenters. The van der Waals surface area contributed by atoms with Crippen LogP contribution in [0.25, 0.3) is 22.1 Å². The van der Waals surface area contributed by atoms with E-state index < -0.39 is 0 Å². The third-order valence-corrected chi connectivity index (χ3v) is 4.24. The fourth-order valence-corrected chi connectivity index (χ4v) is 3.06. The summed E-state index contributed by atoms with van der Waals surface area (Å²) < 4.78 is 5.52. The van der Waals surface area contributed by atoms with Crippen LogP contribution in [0.15, 0.2) is 82.0 Å². The van der Waals surface area contributed by atoms with E-state index in [1.54, 1.807) is 18.2 Å². The molecule has 0 aliphatic rings. The second-order valence-corrected chi connectivity index (χ2v) is 5.87. The maximum atomic E-state index is 12.7. The van der Waals surface area contributed by atoms with E-state index in [-0.39, 0.29) is 49.9 Å². The molecule has 0 bridgehead atoms. The van der Waals surface area contributed by atoms with Crippen LogP contribution in [-0.4, -0.2) is 5.11 Å². The second kappa shape index (κ2) is 9.08. The Labute approximate surface area is 182 Å². The van der Waals surface area contributed by atoms with Crippen molar-refractivity contribution in [3.8, 4) is 16.9 Å². The van der Waals surface area contributed by atoms with Gasteiger partial charge in [0.25, 0.3) is 0 Å². The number of benzene rings is 3. The van der Waals surface area contributed by atoms with E-state index in [1.165, 1.54) is 0 Å². The minimum absolute atomic E-state index is 0. The average Bonchev–Trinajstić information content (AvgIpc) is 2.64. The average molecular weight is 580 g/mol. The van der Waals surface area contributed by atoms with E-state index in [0.29, 0.717) is 17.6 Å². The molecule has 0 saturated carbocycles. The molecule has 1 heterocycles. The van der Waals surface area contributed by atoms with E-state index in [1.807, 2.05) is 54.6 Å². The number of phenolic OH excluding ortho intramolecular Hbond substituents is 1. The molecular formula is C23H18O3U. The molecule has 0 radical (unpaired) electrons. The van der Waals surface area contributed by atoms with Crippen molar-refractivity contribution in [1.29, 1.82) is 0 Å². The van der Waals surface area contributed by atoms with Crippen LogP contribution in [0.2, 0.25) is 0 Å². The number of phenols is 1. The smallest absolute Gasteiger partial charge is 0.508 e. The molecule has 0 spiro atoms. The zero-order valence-electron chi connectivity index (χ0n) is 14.9. The first-order chi connectivity index (χ1) is 12.2. The van der Waals surface area contributed by atoms with E-state index in [9.17, 15) is 9.90 Å². The number of fused-ring (bicyclic) bond motifs is 1. The third kappa shape index (κ3) is 4.35. The first-order valence-corrected chi connectivity index (χ1v) is 8.01. The zero-order chi connectivity index (χ0) is 17.2. The van der Waals surface area contributed by atoms with Crippen LogP contribution in [0.3, 0.4) is 0 Å². The van der Waals surface area contributed by atoms with Gasteiger partial charge >= 0.3 is 36.7 Å². The Morgan fingerprint density at radius 2 is 1.67 bits per heavy atom. The Hall–Kier alpha value is -2.28. The topological polar surface area (TPSA) is 50.4 Å². The number of hydrogen-bond acceptors (Lipinski definition) is 3. The summed E-state index contributed by atoms with van der Waals surface area (Å²) in [6.07, 6.45) is 0.566. The standard InChI is InChI=1S/C22H15O3.CH3.U/c23-17-12-10-15(11-13-17)14-19-18-8-4-5-9-20(18)25-22(24)21(19)16-6-2-1-3-7-16;;/h1-4,6-13,23H,14H2;1H3;/q2*-1;+2. The van der Waals surface area contributed by atoms with Crippen molar-refractivity contribution >= 4 is 11.0 Å². The summed E-state index contributed by atoms with van der Waals surface area (Å²) in [5.74, 6) is 0.221. The number of aromatic hydroxyl groups is 1. The van der Waals surface area contributed by atoms with Crippen LogP contribution in [0, 0.1) is 44.6 Å². The summed E-state index contributed by atoms with van der Waals surface area (Å²) in [4.78, 5) is 12.7. The predicted molar refractivity (Wildman–Crippen MR) is 104 cm³/mol. The van der Waals surface area contributed by atoms with Crippen molar-refractivity contribution in [2.75, 3.05) is 0 Å². The van der Waals surface area contributed by atoms with Crippen molar-refractivity contribution < 1.29 is 40.6 Å². The molecule has 1 N–H and O–H groups in total. The summed E-state index contributed by atoms with van der Waals surface area (Å²) in [5, 5.41) is 10.4. The Bertz CT molecular complexity index is 1080. The molecule has 3 aromatic carbocycles. The maximum absolute atomic E-state index is 12.7. The summed E-state index contributed by atoms with van der Waals surface area (Å²) in [5.41, 5.74) is 3.51. The van der Waals surface area contributed by atoms with Gasteiger partial charge in [-0.25, -0.2) is 4.79 Å². The van der Waals surface area contributed by atoms with Crippen molar-refractivity contribution in [2.45, 2.75) is 6.42 Å². The Morgan fingerprint density at radius 1 is 0.963 bits per heavy atom. The fraction of sp³-hybridized carbons (Fsp3) is 0.0435. The van der Waals surface area contributed by atoms with Crippen LogP contribution in [-0.2, 0) is 6.42 Å². The van der Waals surface area contributed by atoms with Gasteiger partial charge in [-0.1, -0.05) is 47.9 Å². The Morgan fingerprint density at radius 3 is 2.37 bits per heavy atom. The largest absolute Gasteiger partial charge is 2.00 e. The molecule has 0 saturated heterocycles. The van der Waals surface area contributed by atoms with Crippen LogP contribution >= 0.6 is 0 Å². The van der Waals surface area contributed by atoms with Gasteiger partial charge in [0.1, 0.15) is 5.75 Å². The summed E-state index contributed by atoms with van der Waals surface area (Å²) in [7, 11) is 0. The zero-order valence-corrected chi connectivity index (χ0v) is 19.1. The Balaban J connectivity index is 0.00000131. The molecule has 0 unspecified atom stereocenters. The molecule has 1 aromatic heterocycles. The van der Waals surface area contributed by atoms with Gasteiger partial charge in [-0.3, -0.25) is 0 Å². The summed E-state index contributed by atoms with van der Waals surface area (Å²) >= 11 is 0. The number of rotatable bonds is 3. The van der Waals surface area contributed by atoms with Gasteiger partial charge in [0.2, 0.25) is 0 Å². The molecule has 4 rings (SSSR count). The summed E-state index contributed by atoms with van der Waals surface area (Å²) in [6, 6.07) is 24.9. The fourth-order valence-electron chi connectivity index (χ4n) is 3.06. The minimum atomic E-state index is -0.355. The molecule has 0 aliphatic carbocycles. The van der Waals surface area contributed by atoms with Gasteiger partial charge in [0.15, 0.2) is 0 Å². The third-order valence-electron chi connectivity index (χ3n) is 4.24. The first-order valence-electron chi connectivity index (χ1n) is 8.01. The maximum Gasteiger partial charge on any atom is 2.00 e. The normalized spacial score (nSPS) is 10.1. The number of hydrogen-bond donors (Lipinski definition) is 1. The van der Waals surface area contributed by atoms with Crippen molar-refractivity contribution in [3.05, 3.63) is 108 Å². The first kappa shape index (κ1) is 21.0. The summed E-state index contributed by atoms with van der Waals surface area (Å²) in [6.45, 7) is 0. The second-order valence-electron chi connectivity index (χ2n) is 5.87. The van der Waals surface area contributed by atoms with Gasteiger partial charge in [0.05, 0.1) is 5.56 Å². The quantitative estimate of drug-likeness (QED) is 0.274. The van der Waals surface area contributed by atoms with E-state index in [4.69, 9.17) is 4.42 Å². The molecule has 27 heavy (non-hydrogen) atoms. The van der Waals surface area contributed by atoms with Gasteiger partial charge in [-0.05, 0) is 35.2 Å². The molecule has 3 nitrogen and oxygen atoms in total. The van der Waals surface area contributed by atoms with Gasteiger partial charge in [-0.15, -0.1) is 6.07 Å². The SMILES string of the molecule is O=c1oc2c[c-]ccc2c(Cc2ccc(O)cc2)c1-c1ccccc1.[CH3-].[U+2]. The van der Waals surface area contributed by atoms with E-state index >= 15 is 0 Å². The van der Waals surface area contributed by atoms with Gasteiger partial charge in [-0.2, -0.15) is 18.2 Å². The Kier molecular flexibility index (Phi) is 7.07.